The summed E-state index contributed by atoms with van der Waals surface area (Å²) >= 11 is 3.28. The highest BCUT2D eigenvalue weighted by molar-refractivity contribution is 9.10. The highest BCUT2D eigenvalue weighted by Crippen LogP contribution is 2.34. The summed E-state index contributed by atoms with van der Waals surface area (Å²) in [7, 11) is 0. The van der Waals surface area contributed by atoms with Gasteiger partial charge in [-0.3, -0.25) is 4.79 Å². The van der Waals surface area contributed by atoms with Crippen molar-refractivity contribution in [3.63, 3.8) is 0 Å². The van der Waals surface area contributed by atoms with Gasteiger partial charge in [-0.2, -0.15) is 0 Å². The monoisotopic (exact) mass is 333 g/mol. The molecule has 104 valence electrons. The first-order valence-electron chi connectivity index (χ1n) is 6.78. The molecule has 4 heteroatoms. The predicted molar refractivity (Wildman–Crippen MR) is 80.6 cm³/mol. The zero-order valence-corrected chi connectivity index (χ0v) is 12.9. The molecule has 0 spiro atoms. The molecular formula is C16H16BrNO2. The molecule has 0 aliphatic carbocycles. The van der Waals surface area contributed by atoms with Crippen LogP contribution in [0, 0.1) is 6.92 Å². The van der Waals surface area contributed by atoms with E-state index in [1.807, 2.05) is 36.1 Å². The van der Waals surface area contributed by atoms with Crippen molar-refractivity contribution in [1.82, 2.24) is 4.90 Å². The second-order valence-electron chi connectivity index (χ2n) is 5.13. The molecule has 1 saturated heterocycles. The minimum Gasteiger partial charge on any atom is -0.444 e. The van der Waals surface area contributed by atoms with Crippen LogP contribution < -0.4 is 0 Å². The van der Waals surface area contributed by atoms with Gasteiger partial charge < -0.3 is 9.32 Å². The van der Waals surface area contributed by atoms with Gasteiger partial charge in [0.15, 0.2) is 10.4 Å². The Kier molecular flexibility index (Phi) is 3.66. The molecule has 3 nitrogen and oxygen atoms in total. The van der Waals surface area contributed by atoms with Gasteiger partial charge in [0.2, 0.25) is 0 Å². The highest BCUT2D eigenvalue weighted by Gasteiger charge is 2.32. The van der Waals surface area contributed by atoms with Gasteiger partial charge in [-0.05, 0) is 47.3 Å². The number of nitrogens with zero attached hydrogens (tertiary/aromatic N) is 1. The van der Waals surface area contributed by atoms with Gasteiger partial charge in [-0.15, -0.1) is 0 Å². The summed E-state index contributed by atoms with van der Waals surface area (Å²) in [4.78, 5) is 14.6. The molecule has 1 amide bonds. The maximum Gasteiger partial charge on any atom is 0.290 e. The van der Waals surface area contributed by atoms with Crippen molar-refractivity contribution in [3.05, 3.63) is 58.0 Å². The fourth-order valence-corrected chi connectivity index (χ4v) is 3.32. The molecule has 0 radical (unpaired) electrons. The van der Waals surface area contributed by atoms with Crippen LogP contribution in [0.1, 0.15) is 40.6 Å². The van der Waals surface area contributed by atoms with Crippen molar-refractivity contribution in [2.24, 2.45) is 0 Å². The van der Waals surface area contributed by atoms with Crippen LogP contribution in [0.5, 0.6) is 0 Å². The van der Waals surface area contributed by atoms with Crippen molar-refractivity contribution >= 4 is 21.8 Å². The summed E-state index contributed by atoms with van der Waals surface area (Å²) in [5, 5.41) is 0. The van der Waals surface area contributed by atoms with Gasteiger partial charge in [-0.1, -0.05) is 30.3 Å². The van der Waals surface area contributed by atoms with E-state index in [0.717, 1.165) is 24.9 Å². The third kappa shape index (κ3) is 2.40. The molecule has 0 N–H and O–H groups in total. The smallest absolute Gasteiger partial charge is 0.290 e. The summed E-state index contributed by atoms with van der Waals surface area (Å²) in [6.45, 7) is 2.69. The first-order valence-corrected chi connectivity index (χ1v) is 7.58. The van der Waals surface area contributed by atoms with Gasteiger partial charge in [-0.25, -0.2) is 0 Å². The zero-order valence-electron chi connectivity index (χ0n) is 11.3. The number of carbonyl (C=O) groups is 1. The number of hydrogen-bond acceptors (Lipinski definition) is 2. The average Bonchev–Trinajstić information content (AvgIpc) is 3.05. The third-order valence-electron chi connectivity index (χ3n) is 3.78. The van der Waals surface area contributed by atoms with Crippen LogP contribution in [0.25, 0.3) is 0 Å². The van der Waals surface area contributed by atoms with E-state index in [9.17, 15) is 4.79 Å². The molecular weight excluding hydrogens is 318 g/mol. The number of hydrogen-bond donors (Lipinski definition) is 0. The number of likely N-dealkylation sites (tertiary alicyclic amines) is 1. The normalized spacial score (nSPS) is 18.5. The number of benzene rings is 1. The Morgan fingerprint density at radius 2 is 2.10 bits per heavy atom. The number of amides is 1. The molecule has 20 heavy (non-hydrogen) atoms. The summed E-state index contributed by atoms with van der Waals surface area (Å²) in [5.74, 6) is 0.430. The minimum atomic E-state index is -0.0143. The Balaban J connectivity index is 1.89. The second-order valence-corrected chi connectivity index (χ2v) is 5.91. The number of aryl methyl sites for hydroxylation is 1. The van der Waals surface area contributed by atoms with E-state index in [-0.39, 0.29) is 11.9 Å². The molecule has 0 bridgehead atoms. The van der Waals surface area contributed by atoms with E-state index in [1.54, 1.807) is 0 Å². The van der Waals surface area contributed by atoms with Crippen LogP contribution in [-0.4, -0.2) is 17.4 Å². The van der Waals surface area contributed by atoms with Crippen molar-refractivity contribution in [1.29, 1.82) is 0 Å². The standard InChI is InChI=1S/C16H16BrNO2/c1-11-10-14(17)20-15(11)16(19)18-9-5-8-13(18)12-6-3-2-4-7-12/h2-4,6-7,10,13H,5,8-9H2,1H3. The molecule has 1 unspecified atom stereocenters. The lowest BCUT2D eigenvalue weighted by atomic mass is 10.0. The Bertz CT molecular complexity index is 621. The summed E-state index contributed by atoms with van der Waals surface area (Å²) in [6.07, 6.45) is 2.04. The Morgan fingerprint density at radius 3 is 2.75 bits per heavy atom. The molecule has 1 aromatic heterocycles. The topological polar surface area (TPSA) is 33.5 Å². The quantitative estimate of drug-likeness (QED) is 0.819. The van der Waals surface area contributed by atoms with Crippen LogP contribution in [0.15, 0.2) is 45.5 Å². The van der Waals surface area contributed by atoms with Crippen LogP contribution in [0.2, 0.25) is 0 Å². The van der Waals surface area contributed by atoms with Gasteiger partial charge in [0, 0.05) is 12.1 Å². The number of furan rings is 1. The van der Waals surface area contributed by atoms with Gasteiger partial charge in [0.25, 0.3) is 5.91 Å². The van der Waals surface area contributed by atoms with Crippen LogP contribution in [0.4, 0.5) is 0 Å². The maximum atomic E-state index is 12.7. The molecule has 1 fully saturated rings. The zero-order chi connectivity index (χ0) is 14.1. The predicted octanol–water partition coefficient (Wildman–Crippen LogP) is 4.33. The second kappa shape index (κ2) is 5.44. The SMILES string of the molecule is Cc1cc(Br)oc1C(=O)N1CCCC1c1ccccc1. The number of halogens is 1. The lowest BCUT2D eigenvalue weighted by molar-refractivity contribution is 0.0701. The molecule has 2 aromatic rings. The molecule has 1 aliphatic rings. The maximum absolute atomic E-state index is 12.7. The fraction of sp³-hybridized carbons (Fsp3) is 0.312. The van der Waals surface area contributed by atoms with Gasteiger partial charge >= 0.3 is 0 Å². The van der Waals surface area contributed by atoms with Crippen molar-refractivity contribution in [3.8, 4) is 0 Å². The van der Waals surface area contributed by atoms with E-state index < -0.39 is 0 Å². The molecule has 3 rings (SSSR count). The number of rotatable bonds is 2. The fourth-order valence-electron chi connectivity index (χ4n) is 2.82. The first-order chi connectivity index (χ1) is 9.66. The molecule has 1 aromatic carbocycles. The summed E-state index contributed by atoms with van der Waals surface area (Å²) < 4.78 is 6.10. The molecule has 2 heterocycles. The Hall–Kier alpha value is -1.55. The molecule has 0 saturated carbocycles. The Morgan fingerprint density at radius 1 is 1.35 bits per heavy atom. The van der Waals surface area contributed by atoms with Crippen molar-refractivity contribution < 1.29 is 9.21 Å². The third-order valence-corrected chi connectivity index (χ3v) is 4.17. The van der Waals surface area contributed by atoms with Gasteiger partial charge in [0.1, 0.15) is 0 Å². The number of carbonyl (C=O) groups excluding carboxylic acids is 1. The molecule has 1 aliphatic heterocycles. The Labute approximate surface area is 126 Å². The van der Waals surface area contributed by atoms with E-state index in [2.05, 4.69) is 28.1 Å². The van der Waals surface area contributed by atoms with Gasteiger partial charge in [0.05, 0.1) is 6.04 Å². The largest absolute Gasteiger partial charge is 0.444 e. The van der Waals surface area contributed by atoms with Crippen LogP contribution in [-0.2, 0) is 0 Å². The van der Waals surface area contributed by atoms with E-state index in [4.69, 9.17) is 4.42 Å². The average molecular weight is 334 g/mol. The van der Waals surface area contributed by atoms with Crippen LogP contribution in [0.3, 0.4) is 0 Å². The lowest BCUT2D eigenvalue weighted by Gasteiger charge is -2.24. The van der Waals surface area contributed by atoms with E-state index >= 15 is 0 Å². The summed E-state index contributed by atoms with van der Waals surface area (Å²) in [5.41, 5.74) is 2.07. The lowest BCUT2D eigenvalue weighted by Crippen LogP contribution is -2.30. The first kappa shape index (κ1) is 13.4. The highest BCUT2D eigenvalue weighted by atomic mass is 79.9. The van der Waals surface area contributed by atoms with Crippen LogP contribution >= 0.6 is 15.9 Å². The summed E-state index contributed by atoms with van der Waals surface area (Å²) in [6, 6.07) is 12.2. The van der Waals surface area contributed by atoms with Crippen molar-refractivity contribution in [2.75, 3.05) is 6.54 Å². The van der Waals surface area contributed by atoms with E-state index in [1.165, 1.54) is 5.56 Å². The van der Waals surface area contributed by atoms with E-state index in [0.29, 0.717) is 10.4 Å². The van der Waals surface area contributed by atoms with Crippen molar-refractivity contribution in [2.45, 2.75) is 25.8 Å². The minimum absolute atomic E-state index is 0.0143. The molecule has 1 atom stereocenters.